The van der Waals surface area contributed by atoms with Gasteiger partial charge in [0.2, 0.25) is 5.95 Å². The number of hydrogen-bond acceptors (Lipinski definition) is 4. The van der Waals surface area contributed by atoms with E-state index in [1.165, 1.54) is 0 Å². The van der Waals surface area contributed by atoms with E-state index in [0.29, 0.717) is 23.6 Å². The Kier molecular flexibility index (Phi) is 4.63. The molecule has 2 heterocycles. The summed E-state index contributed by atoms with van der Waals surface area (Å²) in [6.07, 6.45) is -0.0675. The number of imidazole rings is 1. The number of aromatic nitrogens is 2. The number of carbonyl (C=O) groups is 2. The van der Waals surface area contributed by atoms with E-state index in [2.05, 4.69) is 20.6 Å². The van der Waals surface area contributed by atoms with E-state index < -0.39 is 6.10 Å². The average Bonchev–Trinajstić information content (AvgIpc) is 3.37. The van der Waals surface area contributed by atoms with Gasteiger partial charge in [0.1, 0.15) is 5.75 Å². The fourth-order valence-electron chi connectivity index (χ4n) is 3.65. The number of fused-ring (bicyclic) bond motifs is 2. The summed E-state index contributed by atoms with van der Waals surface area (Å²) in [5.74, 6) is 0.534. The number of nitrogens with one attached hydrogen (secondary N) is 3. The predicted molar refractivity (Wildman–Crippen MR) is 118 cm³/mol. The van der Waals surface area contributed by atoms with Gasteiger partial charge in [0, 0.05) is 17.7 Å². The fraction of sp³-hybridized carbons (Fsp3) is 0.125. The molecule has 3 N–H and O–H groups in total. The molecule has 4 aromatic rings. The zero-order valence-corrected chi connectivity index (χ0v) is 16.8. The van der Waals surface area contributed by atoms with E-state index in [-0.39, 0.29) is 11.8 Å². The molecule has 0 saturated carbocycles. The summed E-state index contributed by atoms with van der Waals surface area (Å²) in [6.45, 7) is 1.99. The van der Waals surface area contributed by atoms with Gasteiger partial charge in [-0.3, -0.25) is 14.9 Å². The second-order valence-corrected chi connectivity index (χ2v) is 7.55. The van der Waals surface area contributed by atoms with E-state index in [4.69, 9.17) is 4.74 Å². The summed E-state index contributed by atoms with van der Waals surface area (Å²) in [7, 11) is 0. The summed E-state index contributed by atoms with van der Waals surface area (Å²) < 4.78 is 5.73. The molecule has 2 amide bonds. The molecule has 0 bridgehead atoms. The Morgan fingerprint density at radius 1 is 1.03 bits per heavy atom. The molecule has 0 aliphatic carbocycles. The number of carbonyl (C=O) groups excluding carboxylic acids is 2. The monoisotopic (exact) mass is 412 g/mol. The number of benzene rings is 3. The van der Waals surface area contributed by atoms with Crippen molar-refractivity contribution in [1.82, 2.24) is 9.97 Å². The first-order valence-corrected chi connectivity index (χ1v) is 9.98. The van der Waals surface area contributed by atoms with Crippen molar-refractivity contribution in [2.45, 2.75) is 19.4 Å². The van der Waals surface area contributed by atoms with Crippen LogP contribution in [0.2, 0.25) is 0 Å². The number of rotatable bonds is 4. The van der Waals surface area contributed by atoms with Gasteiger partial charge in [-0.15, -0.1) is 0 Å². The number of ether oxygens (including phenoxy) is 1. The Hall–Kier alpha value is -4.13. The smallest absolute Gasteiger partial charge is 0.265 e. The maximum absolute atomic E-state index is 12.7. The number of aromatic amines is 1. The van der Waals surface area contributed by atoms with Crippen molar-refractivity contribution in [3.8, 4) is 5.75 Å². The maximum atomic E-state index is 12.7. The van der Waals surface area contributed by atoms with Gasteiger partial charge in [-0.25, -0.2) is 4.98 Å². The third kappa shape index (κ3) is 3.85. The topological polar surface area (TPSA) is 96.1 Å². The Bertz CT molecular complexity index is 1290. The summed E-state index contributed by atoms with van der Waals surface area (Å²) in [5.41, 5.74) is 4.68. The second-order valence-electron chi connectivity index (χ2n) is 7.55. The zero-order chi connectivity index (χ0) is 21.4. The lowest BCUT2D eigenvalue weighted by Gasteiger charge is -2.12. The van der Waals surface area contributed by atoms with Crippen molar-refractivity contribution in [2.24, 2.45) is 0 Å². The van der Waals surface area contributed by atoms with E-state index in [1.54, 1.807) is 24.3 Å². The Balaban J connectivity index is 1.27. The lowest BCUT2D eigenvalue weighted by molar-refractivity contribution is -0.122. The summed E-state index contributed by atoms with van der Waals surface area (Å²) >= 11 is 0. The summed E-state index contributed by atoms with van der Waals surface area (Å²) in [5, 5.41) is 5.61. The molecule has 3 aromatic carbocycles. The first-order chi connectivity index (χ1) is 15.0. The van der Waals surface area contributed by atoms with E-state index >= 15 is 0 Å². The highest BCUT2D eigenvalue weighted by molar-refractivity contribution is 6.05. The van der Waals surface area contributed by atoms with Crippen LogP contribution >= 0.6 is 0 Å². The standard InChI is InChI=1S/C24H20N4O3/c1-14-9-10-18-19(11-14)27-24(26-18)28-22(29)16-6-4-7-17(12-16)25-23(30)21-13-15-5-2-3-8-20(15)31-21/h2-12,21H,13H2,1H3,(H,25,30)(H2,26,27,28,29). The van der Waals surface area contributed by atoms with Crippen molar-refractivity contribution in [1.29, 1.82) is 0 Å². The highest BCUT2D eigenvalue weighted by Gasteiger charge is 2.28. The molecule has 1 aliphatic rings. The largest absolute Gasteiger partial charge is 0.480 e. The lowest BCUT2D eigenvalue weighted by atomic mass is 10.1. The Labute approximate surface area is 178 Å². The molecule has 5 rings (SSSR count). The quantitative estimate of drug-likeness (QED) is 0.471. The van der Waals surface area contributed by atoms with Gasteiger partial charge in [0.05, 0.1) is 11.0 Å². The fourth-order valence-corrected chi connectivity index (χ4v) is 3.65. The molecule has 0 radical (unpaired) electrons. The number of aryl methyl sites for hydroxylation is 1. The number of para-hydroxylation sites is 1. The van der Waals surface area contributed by atoms with Gasteiger partial charge >= 0.3 is 0 Å². The van der Waals surface area contributed by atoms with Crippen LogP contribution in [-0.2, 0) is 11.2 Å². The van der Waals surface area contributed by atoms with Crippen LogP contribution in [0.25, 0.3) is 11.0 Å². The third-order valence-electron chi connectivity index (χ3n) is 5.20. The molecule has 1 atom stereocenters. The van der Waals surface area contributed by atoms with Crippen LogP contribution in [0.3, 0.4) is 0 Å². The molecule has 0 fully saturated rings. The molecule has 7 nitrogen and oxygen atoms in total. The third-order valence-corrected chi connectivity index (χ3v) is 5.20. The van der Waals surface area contributed by atoms with Gasteiger partial charge in [-0.2, -0.15) is 0 Å². The molecule has 7 heteroatoms. The van der Waals surface area contributed by atoms with Crippen LogP contribution in [0.1, 0.15) is 21.5 Å². The van der Waals surface area contributed by atoms with Crippen molar-refractivity contribution in [3.05, 3.63) is 83.4 Å². The van der Waals surface area contributed by atoms with E-state index in [9.17, 15) is 9.59 Å². The molecule has 1 aromatic heterocycles. The van der Waals surface area contributed by atoms with Gasteiger partial charge in [0.25, 0.3) is 11.8 Å². The Morgan fingerprint density at radius 3 is 2.77 bits per heavy atom. The molecular formula is C24H20N4O3. The number of anilines is 2. The molecule has 1 unspecified atom stereocenters. The van der Waals surface area contributed by atoms with Crippen LogP contribution in [0.15, 0.2) is 66.7 Å². The van der Waals surface area contributed by atoms with Crippen molar-refractivity contribution in [3.63, 3.8) is 0 Å². The predicted octanol–water partition coefficient (Wildman–Crippen LogP) is 4.07. The zero-order valence-electron chi connectivity index (χ0n) is 16.8. The number of hydrogen-bond donors (Lipinski definition) is 3. The molecule has 1 aliphatic heterocycles. The van der Waals surface area contributed by atoms with Crippen LogP contribution in [0, 0.1) is 6.92 Å². The van der Waals surface area contributed by atoms with Crippen LogP contribution in [0.4, 0.5) is 11.6 Å². The van der Waals surface area contributed by atoms with E-state index in [1.807, 2.05) is 49.4 Å². The molecular weight excluding hydrogens is 392 g/mol. The first-order valence-electron chi connectivity index (χ1n) is 9.98. The summed E-state index contributed by atoms with van der Waals surface area (Å²) in [4.78, 5) is 32.8. The van der Waals surface area contributed by atoms with Crippen LogP contribution < -0.4 is 15.4 Å². The maximum Gasteiger partial charge on any atom is 0.265 e. The molecule has 0 saturated heterocycles. The van der Waals surface area contributed by atoms with E-state index in [0.717, 1.165) is 27.9 Å². The van der Waals surface area contributed by atoms with Gasteiger partial charge < -0.3 is 15.0 Å². The van der Waals surface area contributed by atoms with Crippen molar-refractivity contribution in [2.75, 3.05) is 10.6 Å². The molecule has 31 heavy (non-hydrogen) atoms. The van der Waals surface area contributed by atoms with Crippen molar-refractivity contribution < 1.29 is 14.3 Å². The molecule has 0 spiro atoms. The SMILES string of the molecule is Cc1ccc2nc(NC(=O)c3cccc(NC(=O)C4Cc5ccccc5O4)c3)[nH]c2c1. The minimum Gasteiger partial charge on any atom is -0.480 e. The highest BCUT2D eigenvalue weighted by Crippen LogP contribution is 2.28. The summed E-state index contributed by atoms with van der Waals surface area (Å²) in [6, 6.07) is 20.2. The van der Waals surface area contributed by atoms with Crippen LogP contribution in [0.5, 0.6) is 5.75 Å². The lowest BCUT2D eigenvalue weighted by Crippen LogP contribution is -2.31. The Morgan fingerprint density at radius 2 is 1.90 bits per heavy atom. The highest BCUT2D eigenvalue weighted by atomic mass is 16.5. The minimum absolute atomic E-state index is 0.249. The number of H-pyrrole nitrogens is 1. The van der Waals surface area contributed by atoms with Crippen molar-refractivity contribution >= 4 is 34.5 Å². The normalized spacial score (nSPS) is 14.7. The van der Waals surface area contributed by atoms with Crippen LogP contribution in [-0.4, -0.2) is 27.9 Å². The first kappa shape index (κ1) is 18.9. The number of nitrogens with zero attached hydrogens (tertiary/aromatic N) is 1. The number of amides is 2. The molecule has 154 valence electrons. The average molecular weight is 412 g/mol. The van der Waals surface area contributed by atoms with Gasteiger partial charge in [0.15, 0.2) is 6.10 Å². The van der Waals surface area contributed by atoms with Gasteiger partial charge in [-0.1, -0.05) is 30.3 Å². The van der Waals surface area contributed by atoms with Gasteiger partial charge in [-0.05, 0) is 54.4 Å². The minimum atomic E-state index is -0.589. The second kappa shape index (κ2) is 7.60.